The van der Waals surface area contributed by atoms with Crippen molar-refractivity contribution in [2.75, 3.05) is 0 Å². The van der Waals surface area contributed by atoms with Crippen molar-refractivity contribution in [1.29, 1.82) is 5.26 Å². The predicted octanol–water partition coefficient (Wildman–Crippen LogP) is 3.09. The van der Waals surface area contributed by atoms with Gasteiger partial charge in [-0.1, -0.05) is 24.3 Å². The van der Waals surface area contributed by atoms with E-state index in [1.807, 2.05) is 28.8 Å². The highest BCUT2D eigenvalue weighted by Crippen LogP contribution is 2.21. The second kappa shape index (κ2) is 8.04. The average molecular weight is 438 g/mol. The first kappa shape index (κ1) is 20.9. The molecule has 0 spiro atoms. The molecule has 0 radical (unpaired) electrons. The first-order valence-electron chi connectivity index (χ1n) is 10.1. The van der Waals surface area contributed by atoms with Crippen LogP contribution in [0.4, 0.5) is 0 Å². The Morgan fingerprint density at radius 1 is 1.00 bits per heavy atom. The Morgan fingerprint density at radius 2 is 1.65 bits per heavy atom. The van der Waals surface area contributed by atoms with E-state index in [1.165, 1.54) is 4.57 Å². The SMILES string of the molecule is CC(C)S(=O)(=O)n1c(=O)n(Cc2nc3ccccc3n2CCCC#N)c2ccccc21. The van der Waals surface area contributed by atoms with Crippen molar-refractivity contribution in [3.05, 3.63) is 64.8 Å². The second-order valence-corrected chi connectivity index (χ2v) is 9.98. The first-order chi connectivity index (χ1) is 14.9. The smallest absolute Gasteiger partial charge is 0.326 e. The van der Waals surface area contributed by atoms with E-state index in [0.717, 1.165) is 15.0 Å². The molecule has 0 N–H and O–H groups in total. The van der Waals surface area contributed by atoms with Crippen LogP contribution in [0.25, 0.3) is 22.1 Å². The van der Waals surface area contributed by atoms with E-state index in [9.17, 15) is 13.2 Å². The van der Waals surface area contributed by atoms with E-state index in [4.69, 9.17) is 10.2 Å². The van der Waals surface area contributed by atoms with Gasteiger partial charge in [0.15, 0.2) is 0 Å². The van der Waals surface area contributed by atoms with Crippen molar-refractivity contribution in [2.24, 2.45) is 0 Å². The third kappa shape index (κ3) is 3.53. The normalized spacial score (nSPS) is 12.1. The van der Waals surface area contributed by atoms with E-state index in [0.29, 0.717) is 36.2 Å². The number of rotatable bonds is 7. The Morgan fingerprint density at radius 3 is 2.32 bits per heavy atom. The molecule has 0 saturated heterocycles. The van der Waals surface area contributed by atoms with Gasteiger partial charge in [0.1, 0.15) is 5.82 Å². The van der Waals surface area contributed by atoms with Gasteiger partial charge in [0.25, 0.3) is 0 Å². The number of benzene rings is 2. The molecule has 0 saturated carbocycles. The van der Waals surface area contributed by atoms with E-state index >= 15 is 0 Å². The van der Waals surface area contributed by atoms with Crippen molar-refractivity contribution >= 4 is 32.1 Å². The van der Waals surface area contributed by atoms with Crippen LogP contribution in [0.5, 0.6) is 0 Å². The zero-order valence-corrected chi connectivity index (χ0v) is 18.2. The Bertz CT molecular complexity index is 1470. The summed E-state index contributed by atoms with van der Waals surface area (Å²) < 4.78 is 30.2. The van der Waals surface area contributed by atoms with Gasteiger partial charge < -0.3 is 4.57 Å². The Labute approximate surface area is 180 Å². The summed E-state index contributed by atoms with van der Waals surface area (Å²) in [5.41, 5.74) is 1.99. The van der Waals surface area contributed by atoms with Gasteiger partial charge in [-0.3, -0.25) is 4.57 Å². The van der Waals surface area contributed by atoms with Gasteiger partial charge in [-0.15, -0.1) is 0 Å². The number of fused-ring (bicyclic) bond motifs is 2. The maximum absolute atomic E-state index is 13.3. The zero-order valence-electron chi connectivity index (χ0n) is 17.4. The maximum Gasteiger partial charge on any atom is 0.343 e. The minimum atomic E-state index is -3.84. The number of para-hydroxylation sites is 4. The van der Waals surface area contributed by atoms with Gasteiger partial charge in [-0.2, -0.15) is 9.23 Å². The van der Waals surface area contributed by atoms with Crippen molar-refractivity contribution in [3.8, 4) is 6.07 Å². The third-order valence-electron chi connectivity index (χ3n) is 5.35. The fourth-order valence-electron chi connectivity index (χ4n) is 3.74. The summed E-state index contributed by atoms with van der Waals surface area (Å²) >= 11 is 0. The van der Waals surface area contributed by atoms with Crippen LogP contribution in [-0.4, -0.2) is 31.8 Å². The minimum absolute atomic E-state index is 0.126. The van der Waals surface area contributed by atoms with Gasteiger partial charge in [0.2, 0.25) is 10.0 Å². The van der Waals surface area contributed by atoms with Crippen LogP contribution in [0.2, 0.25) is 0 Å². The summed E-state index contributed by atoms with van der Waals surface area (Å²) in [5, 5.41) is 8.18. The lowest BCUT2D eigenvalue weighted by Gasteiger charge is -2.09. The Kier molecular flexibility index (Phi) is 5.41. The van der Waals surface area contributed by atoms with Crippen LogP contribution in [-0.2, 0) is 23.1 Å². The van der Waals surface area contributed by atoms with Crippen LogP contribution < -0.4 is 5.69 Å². The molecule has 0 aliphatic carbocycles. The minimum Gasteiger partial charge on any atom is -0.326 e. The quantitative estimate of drug-likeness (QED) is 0.413. The van der Waals surface area contributed by atoms with Crippen molar-refractivity contribution in [2.45, 2.75) is 45.0 Å². The van der Waals surface area contributed by atoms with Gasteiger partial charge in [0, 0.05) is 13.0 Å². The Hall–Kier alpha value is -3.38. The summed E-state index contributed by atoms with van der Waals surface area (Å²) in [6.07, 6.45) is 1.07. The number of aryl methyl sites for hydroxylation is 1. The topological polar surface area (TPSA) is 103 Å². The average Bonchev–Trinajstić information content (AvgIpc) is 3.24. The molecule has 2 heterocycles. The van der Waals surface area contributed by atoms with Crippen molar-refractivity contribution in [1.82, 2.24) is 18.1 Å². The summed E-state index contributed by atoms with van der Waals surface area (Å²) in [6.45, 7) is 3.83. The van der Waals surface area contributed by atoms with E-state index in [2.05, 4.69) is 6.07 Å². The standard InChI is InChI=1S/C22H23N5O3S/c1-16(2)31(29,30)27-20-12-6-5-11-19(20)26(22(27)28)15-21-24-17-9-3-4-10-18(17)25(21)14-8-7-13-23/h3-6,9-12,16H,7-8,14-15H2,1-2H3. The molecular formula is C22H23N5O3S. The van der Waals surface area contributed by atoms with Gasteiger partial charge >= 0.3 is 5.69 Å². The molecule has 0 amide bonds. The molecule has 0 unspecified atom stereocenters. The van der Waals surface area contributed by atoms with E-state index in [-0.39, 0.29) is 6.54 Å². The number of aromatic nitrogens is 4. The fraction of sp³-hybridized carbons (Fsp3) is 0.318. The molecule has 9 heteroatoms. The Balaban J connectivity index is 1.90. The van der Waals surface area contributed by atoms with Crippen LogP contribution in [0, 0.1) is 11.3 Å². The highest BCUT2D eigenvalue weighted by atomic mass is 32.2. The summed E-state index contributed by atoms with van der Waals surface area (Å²) in [5.74, 6) is 0.645. The number of unbranched alkanes of at least 4 members (excludes halogenated alkanes) is 1. The second-order valence-electron chi connectivity index (χ2n) is 7.65. The number of nitrogens with zero attached hydrogens (tertiary/aromatic N) is 5. The van der Waals surface area contributed by atoms with Gasteiger partial charge in [-0.05, 0) is 44.5 Å². The van der Waals surface area contributed by atoms with Crippen molar-refractivity contribution < 1.29 is 8.42 Å². The van der Waals surface area contributed by atoms with E-state index in [1.54, 1.807) is 38.1 Å². The zero-order chi connectivity index (χ0) is 22.2. The molecular weight excluding hydrogens is 414 g/mol. The van der Waals surface area contributed by atoms with Crippen LogP contribution in [0.1, 0.15) is 32.5 Å². The summed E-state index contributed by atoms with van der Waals surface area (Å²) in [6, 6.07) is 16.7. The molecule has 0 fully saturated rings. The van der Waals surface area contributed by atoms with Crippen LogP contribution >= 0.6 is 0 Å². The first-order valence-corrected chi connectivity index (χ1v) is 11.6. The van der Waals surface area contributed by atoms with E-state index < -0.39 is 21.0 Å². The highest BCUT2D eigenvalue weighted by Gasteiger charge is 2.26. The summed E-state index contributed by atoms with van der Waals surface area (Å²) in [4.78, 5) is 18.0. The highest BCUT2D eigenvalue weighted by molar-refractivity contribution is 7.90. The molecule has 0 aliphatic heterocycles. The molecule has 0 aliphatic rings. The molecule has 8 nitrogen and oxygen atoms in total. The number of nitriles is 1. The van der Waals surface area contributed by atoms with Crippen LogP contribution in [0.15, 0.2) is 53.3 Å². The van der Waals surface area contributed by atoms with Gasteiger partial charge in [0.05, 0.1) is 39.9 Å². The number of imidazole rings is 2. The predicted molar refractivity (Wildman–Crippen MR) is 119 cm³/mol. The fourth-order valence-corrected chi connectivity index (χ4v) is 4.91. The largest absolute Gasteiger partial charge is 0.343 e. The molecule has 2 aromatic carbocycles. The number of hydrogen-bond donors (Lipinski definition) is 0. The molecule has 160 valence electrons. The molecule has 2 aromatic heterocycles. The number of hydrogen-bond acceptors (Lipinski definition) is 5. The lowest BCUT2D eigenvalue weighted by molar-refractivity contribution is 0.573. The van der Waals surface area contributed by atoms with Gasteiger partial charge in [-0.25, -0.2) is 18.2 Å². The molecule has 4 rings (SSSR count). The molecule has 4 aromatic rings. The van der Waals surface area contributed by atoms with Crippen LogP contribution in [0.3, 0.4) is 0 Å². The lowest BCUT2D eigenvalue weighted by atomic mass is 10.3. The van der Waals surface area contributed by atoms with Crippen molar-refractivity contribution in [3.63, 3.8) is 0 Å². The molecule has 31 heavy (non-hydrogen) atoms. The maximum atomic E-state index is 13.3. The molecule has 0 bridgehead atoms. The third-order valence-corrected chi connectivity index (χ3v) is 7.40. The monoisotopic (exact) mass is 437 g/mol. The lowest BCUT2D eigenvalue weighted by Crippen LogP contribution is -2.34. The summed E-state index contributed by atoms with van der Waals surface area (Å²) in [7, 11) is -3.84. The molecule has 0 atom stereocenters.